The van der Waals surface area contributed by atoms with Crippen LogP contribution in [0.4, 0.5) is 48.3 Å². The Labute approximate surface area is 85.1 Å². The average Bonchev–Trinajstić information content (AvgIpc) is 1.66. The van der Waals surface area contributed by atoms with Crippen LogP contribution >= 0.6 is 0 Å². The van der Waals surface area contributed by atoms with Gasteiger partial charge in [-0.2, -0.15) is 35.1 Å². The number of hydrogen-bond donors (Lipinski definition) is 0. The molecule has 0 rings (SSSR count). The molecule has 0 bridgehead atoms. The van der Waals surface area contributed by atoms with Crippen LogP contribution in [0.2, 0.25) is 0 Å². The van der Waals surface area contributed by atoms with E-state index in [0.29, 0.717) is 0 Å². The molecular weight excluding hydrogens is 285 g/mol. The molecule has 0 aliphatic rings. The van der Waals surface area contributed by atoms with Gasteiger partial charge in [0.2, 0.25) is 5.92 Å². The predicted molar refractivity (Wildman–Crippen MR) is 27.7 cm³/mol. The molecule has 0 saturated carbocycles. The van der Waals surface area contributed by atoms with Gasteiger partial charge in [-0.05, 0) is 0 Å². The number of rotatable bonds is 2. The lowest BCUT2D eigenvalue weighted by Crippen LogP contribution is -2.52. The van der Waals surface area contributed by atoms with E-state index in [0.717, 1.165) is 0 Å². The lowest BCUT2D eigenvalue weighted by molar-refractivity contribution is -0.476. The van der Waals surface area contributed by atoms with Crippen LogP contribution < -0.4 is 0 Å². The Hall–Kier alpha value is -0.810. The van der Waals surface area contributed by atoms with Crippen LogP contribution in [-0.4, -0.2) is 24.8 Å². The second kappa shape index (κ2) is 4.14. The zero-order valence-corrected chi connectivity index (χ0v) is 7.14. The Kier molecular flexibility index (Phi) is 3.94. The maximum Gasteiger partial charge on any atom is 0.527 e. The van der Waals surface area contributed by atoms with Crippen molar-refractivity contribution < 1.29 is 53.0 Å². The van der Waals surface area contributed by atoms with E-state index >= 15 is 0 Å². The fraction of sp³-hybridized carbons (Fsp3) is 1.00. The van der Waals surface area contributed by atoms with Gasteiger partial charge in [0.1, 0.15) is 0 Å². The summed E-state index contributed by atoms with van der Waals surface area (Å²) < 4.78 is 130. The maximum absolute atomic E-state index is 12.2. The fourth-order valence-electron chi connectivity index (χ4n) is 0.780. The molecule has 0 amide bonds. The van der Waals surface area contributed by atoms with Crippen LogP contribution in [0.1, 0.15) is 0 Å². The SMILES string of the molecule is FC(F)(F)OC(F)(F)C(C(F)(F)F)C(F)(F)F. The molecule has 0 N–H and O–H groups in total. The molecule has 0 aromatic carbocycles. The molecule has 0 spiro atoms. The van der Waals surface area contributed by atoms with E-state index in [9.17, 15) is 48.3 Å². The smallest absolute Gasteiger partial charge is 0.225 e. The summed E-state index contributed by atoms with van der Waals surface area (Å²) in [7, 11) is 0. The van der Waals surface area contributed by atoms with Crippen LogP contribution in [0, 0.1) is 5.92 Å². The Balaban J connectivity index is 5.34. The summed E-state index contributed by atoms with van der Waals surface area (Å²) in [6.45, 7) is 0. The molecule has 0 aliphatic heterocycles. The minimum Gasteiger partial charge on any atom is -0.225 e. The van der Waals surface area contributed by atoms with Crippen molar-refractivity contribution in [3.8, 4) is 0 Å². The van der Waals surface area contributed by atoms with Crippen LogP contribution in [0.15, 0.2) is 0 Å². The first kappa shape index (κ1) is 16.2. The van der Waals surface area contributed by atoms with Crippen LogP contribution in [-0.2, 0) is 4.74 Å². The summed E-state index contributed by atoms with van der Waals surface area (Å²) >= 11 is 0. The zero-order chi connectivity index (χ0) is 14.3. The van der Waals surface area contributed by atoms with Crippen LogP contribution in [0.5, 0.6) is 0 Å². The molecule has 0 aromatic rings. The summed E-state index contributed by atoms with van der Waals surface area (Å²) in [6.07, 6.45) is -26.1. The van der Waals surface area contributed by atoms with Crippen molar-refractivity contribution in [1.29, 1.82) is 0 Å². The quantitative estimate of drug-likeness (QED) is 0.700. The molecule has 0 saturated heterocycles. The summed E-state index contributed by atoms with van der Waals surface area (Å²) in [5.74, 6) is -5.57. The second-order valence-electron chi connectivity index (χ2n) is 2.63. The molecule has 0 unspecified atom stereocenters. The van der Waals surface area contributed by atoms with Gasteiger partial charge >= 0.3 is 24.8 Å². The first-order valence-corrected chi connectivity index (χ1v) is 3.35. The molecule has 0 radical (unpaired) electrons. The highest BCUT2D eigenvalue weighted by molar-refractivity contribution is 4.83. The minimum absolute atomic E-state index is 1.57. The Bertz CT molecular complexity index is 243. The number of halogens is 11. The summed E-state index contributed by atoms with van der Waals surface area (Å²) in [6, 6.07) is 0. The number of hydrogen-bond acceptors (Lipinski definition) is 1. The van der Waals surface area contributed by atoms with Crippen molar-refractivity contribution in [3.05, 3.63) is 0 Å². The van der Waals surface area contributed by atoms with Gasteiger partial charge in [0.05, 0.1) is 0 Å². The highest BCUT2D eigenvalue weighted by Gasteiger charge is 2.72. The fourth-order valence-corrected chi connectivity index (χ4v) is 0.780. The largest absolute Gasteiger partial charge is 0.527 e. The Morgan fingerprint density at radius 2 is 0.882 bits per heavy atom. The van der Waals surface area contributed by atoms with Crippen molar-refractivity contribution in [2.75, 3.05) is 0 Å². The lowest BCUT2D eigenvalue weighted by Gasteiger charge is -2.29. The molecule has 12 heteroatoms. The van der Waals surface area contributed by atoms with Crippen molar-refractivity contribution in [2.45, 2.75) is 24.8 Å². The van der Waals surface area contributed by atoms with Crippen molar-refractivity contribution >= 4 is 0 Å². The Morgan fingerprint density at radius 3 is 1.06 bits per heavy atom. The van der Waals surface area contributed by atoms with E-state index in [1.165, 1.54) is 0 Å². The first-order valence-electron chi connectivity index (χ1n) is 3.35. The number of alkyl halides is 11. The molecule has 0 atom stereocenters. The van der Waals surface area contributed by atoms with Gasteiger partial charge in [0.15, 0.2) is 0 Å². The summed E-state index contributed by atoms with van der Waals surface area (Å²) in [5.41, 5.74) is 0. The van der Waals surface area contributed by atoms with Gasteiger partial charge in [-0.25, -0.2) is 4.74 Å². The van der Waals surface area contributed by atoms with E-state index in [1.807, 2.05) is 0 Å². The molecule has 0 fully saturated rings. The predicted octanol–water partition coefficient (Wildman–Crippen LogP) is 3.86. The van der Waals surface area contributed by atoms with Crippen LogP contribution in [0.25, 0.3) is 0 Å². The molecule has 1 nitrogen and oxygen atoms in total. The van der Waals surface area contributed by atoms with Crippen LogP contribution in [0.3, 0.4) is 0 Å². The van der Waals surface area contributed by atoms with Crippen molar-refractivity contribution in [2.24, 2.45) is 5.92 Å². The van der Waals surface area contributed by atoms with E-state index in [4.69, 9.17) is 0 Å². The van der Waals surface area contributed by atoms with E-state index in [2.05, 4.69) is 0 Å². The van der Waals surface area contributed by atoms with E-state index < -0.39 is 30.7 Å². The molecule has 0 aromatic heterocycles. The highest BCUT2D eigenvalue weighted by atomic mass is 19.4. The second-order valence-corrected chi connectivity index (χ2v) is 2.63. The number of ether oxygens (including phenoxy) is 1. The topological polar surface area (TPSA) is 9.23 Å². The van der Waals surface area contributed by atoms with E-state index in [-0.39, 0.29) is 0 Å². The average molecular weight is 286 g/mol. The molecular formula is C5HF11O. The third-order valence-corrected chi connectivity index (χ3v) is 1.24. The van der Waals surface area contributed by atoms with Gasteiger partial charge in [-0.1, -0.05) is 0 Å². The summed E-state index contributed by atoms with van der Waals surface area (Å²) in [5, 5.41) is 0. The third kappa shape index (κ3) is 4.91. The monoisotopic (exact) mass is 286 g/mol. The summed E-state index contributed by atoms with van der Waals surface area (Å²) in [4.78, 5) is 0. The third-order valence-electron chi connectivity index (χ3n) is 1.24. The zero-order valence-electron chi connectivity index (χ0n) is 7.14. The van der Waals surface area contributed by atoms with Gasteiger partial charge in [-0.15, -0.1) is 13.2 Å². The Morgan fingerprint density at radius 1 is 0.588 bits per heavy atom. The van der Waals surface area contributed by atoms with Gasteiger partial charge in [0, 0.05) is 0 Å². The normalized spacial score (nSPS) is 15.5. The van der Waals surface area contributed by atoms with Crippen molar-refractivity contribution in [3.63, 3.8) is 0 Å². The van der Waals surface area contributed by atoms with Gasteiger partial charge in [0.25, 0.3) is 0 Å². The molecule has 17 heavy (non-hydrogen) atoms. The van der Waals surface area contributed by atoms with Crippen molar-refractivity contribution in [1.82, 2.24) is 0 Å². The first-order chi connectivity index (χ1) is 7.07. The van der Waals surface area contributed by atoms with Gasteiger partial charge in [-0.3, -0.25) is 0 Å². The highest BCUT2D eigenvalue weighted by Crippen LogP contribution is 2.50. The maximum atomic E-state index is 12.2. The molecule has 0 heterocycles. The minimum atomic E-state index is -6.65. The molecule has 0 aliphatic carbocycles. The molecule has 104 valence electrons. The standard InChI is InChI=1S/C5HF11O/c6-2(7,8)1(3(9,10)11)4(12,13)17-5(14,15)16/h1H. The van der Waals surface area contributed by atoms with E-state index in [1.54, 1.807) is 4.74 Å². The lowest BCUT2D eigenvalue weighted by atomic mass is 10.1. The van der Waals surface area contributed by atoms with Gasteiger partial charge < -0.3 is 0 Å².